The maximum absolute atomic E-state index is 12.2. The van der Waals surface area contributed by atoms with Gasteiger partial charge >= 0.3 is 0 Å². The lowest BCUT2D eigenvalue weighted by atomic mass is 10.3. The van der Waals surface area contributed by atoms with E-state index in [4.69, 9.17) is 23.2 Å². The first-order valence-electron chi connectivity index (χ1n) is 5.96. The normalized spacial score (nSPS) is 12.3. The first-order valence-corrected chi connectivity index (χ1v) is 8.85. The molecule has 2 nitrogen and oxygen atoms in total. The highest BCUT2D eigenvalue weighted by atomic mass is 35.5. The van der Waals surface area contributed by atoms with Gasteiger partial charge in [-0.25, -0.2) is 0 Å². The maximum atomic E-state index is 12.2. The highest BCUT2D eigenvalue weighted by Gasteiger charge is 2.15. The topological polar surface area (TPSA) is 34.1 Å². The monoisotopic (exact) mass is 346 g/mol. The lowest BCUT2D eigenvalue weighted by molar-refractivity contribution is 0.102. The van der Waals surface area contributed by atoms with Crippen LogP contribution in [0.2, 0.25) is 10.0 Å². The van der Waals surface area contributed by atoms with Gasteiger partial charge in [0.05, 0.1) is 31.5 Å². The molecule has 1 aromatic carbocycles. The Hall–Kier alpha value is -0.680. The van der Waals surface area contributed by atoms with Crippen LogP contribution in [0, 0.1) is 0 Å². The standard InChI is InChI=1S/C14H12Cl2O2S2/c1-2-9-3-6-14(19-9)13(17)8-20(18)10-4-5-11(15)12(16)7-10/h3-7H,2,8H2,1H3. The summed E-state index contributed by atoms with van der Waals surface area (Å²) in [6.45, 7) is 2.04. The van der Waals surface area contributed by atoms with E-state index in [-0.39, 0.29) is 11.5 Å². The minimum atomic E-state index is -1.41. The molecule has 106 valence electrons. The molecule has 0 saturated carbocycles. The van der Waals surface area contributed by atoms with Crippen LogP contribution in [-0.4, -0.2) is 15.7 Å². The van der Waals surface area contributed by atoms with Gasteiger partial charge in [0.1, 0.15) is 0 Å². The first-order chi connectivity index (χ1) is 9.51. The average molecular weight is 347 g/mol. The molecule has 1 heterocycles. The van der Waals surface area contributed by atoms with Gasteiger partial charge in [0.2, 0.25) is 0 Å². The van der Waals surface area contributed by atoms with Gasteiger partial charge in [-0.05, 0) is 36.8 Å². The molecule has 0 aliphatic rings. The number of carbonyl (C=O) groups excluding carboxylic acids is 1. The lowest BCUT2D eigenvalue weighted by Crippen LogP contribution is -2.09. The van der Waals surface area contributed by atoms with Crippen molar-refractivity contribution in [2.45, 2.75) is 18.2 Å². The van der Waals surface area contributed by atoms with Gasteiger partial charge in [0.15, 0.2) is 5.78 Å². The highest BCUT2D eigenvalue weighted by molar-refractivity contribution is 7.85. The molecule has 6 heteroatoms. The van der Waals surface area contributed by atoms with E-state index < -0.39 is 10.8 Å². The largest absolute Gasteiger partial charge is 0.292 e. The van der Waals surface area contributed by atoms with Crippen LogP contribution in [0.15, 0.2) is 35.2 Å². The van der Waals surface area contributed by atoms with Gasteiger partial charge in [-0.2, -0.15) is 0 Å². The van der Waals surface area contributed by atoms with Gasteiger partial charge in [0, 0.05) is 9.77 Å². The molecule has 1 atom stereocenters. The van der Waals surface area contributed by atoms with Crippen LogP contribution < -0.4 is 0 Å². The van der Waals surface area contributed by atoms with E-state index in [1.165, 1.54) is 11.3 Å². The smallest absolute Gasteiger partial charge is 0.185 e. The van der Waals surface area contributed by atoms with Crippen LogP contribution in [0.5, 0.6) is 0 Å². The molecular formula is C14H12Cl2O2S2. The Balaban J connectivity index is 2.10. The Morgan fingerprint density at radius 1 is 1.20 bits per heavy atom. The summed E-state index contributed by atoms with van der Waals surface area (Å²) < 4.78 is 12.2. The van der Waals surface area contributed by atoms with Crippen molar-refractivity contribution in [1.29, 1.82) is 0 Å². The summed E-state index contributed by atoms with van der Waals surface area (Å²) in [6, 6.07) is 8.47. The van der Waals surface area contributed by atoms with Crippen molar-refractivity contribution < 1.29 is 9.00 Å². The van der Waals surface area contributed by atoms with E-state index in [9.17, 15) is 9.00 Å². The van der Waals surface area contributed by atoms with Crippen LogP contribution in [0.25, 0.3) is 0 Å². The third-order valence-electron chi connectivity index (χ3n) is 2.70. The molecule has 0 aliphatic carbocycles. The summed E-state index contributed by atoms with van der Waals surface area (Å²) in [5, 5.41) is 0.749. The zero-order valence-corrected chi connectivity index (χ0v) is 13.8. The molecule has 0 saturated heterocycles. The summed E-state index contributed by atoms with van der Waals surface area (Å²) in [5.41, 5.74) is 0. The summed E-state index contributed by atoms with van der Waals surface area (Å²) >= 11 is 13.1. The van der Waals surface area contributed by atoms with Gasteiger partial charge < -0.3 is 0 Å². The predicted molar refractivity (Wildman–Crippen MR) is 85.8 cm³/mol. The maximum Gasteiger partial charge on any atom is 0.185 e. The SMILES string of the molecule is CCc1ccc(C(=O)CS(=O)c2ccc(Cl)c(Cl)c2)s1. The second-order valence-corrected chi connectivity index (χ2v) is 7.54. The molecule has 0 bridgehead atoms. The van der Waals surface area contributed by atoms with Crippen molar-refractivity contribution in [3.05, 3.63) is 50.1 Å². The fraction of sp³-hybridized carbons (Fsp3) is 0.214. The van der Waals surface area contributed by atoms with Crippen LogP contribution in [0.4, 0.5) is 0 Å². The Labute approximate surface area is 134 Å². The Bertz CT molecular complexity index is 665. The molecule has 1 aromatic heterocycles. The second kappa shape index (κ2) is 6.85. The van der Waals surface area contributed by atoms with E-state index in [0.717, 1.165) is 11.3 Å². The van der Waals surface area contributed by atoms with Crippen molar-refractivity contribution in [2.75, 3.05) is 5.75 Å². The second-order valence-electron chi connectivity index (χ2n) is 4.11. The number of rotatable bonds is 5. The summed E-state index contributed by atoms with van der Waals surface area (Å²) in [5.74, 6) is -0.152. The molecule has 0 spiro atoms. The van der Waals surface area contributed by atoms with Gasteiger partial charge in [-0.1, -0.05) is 30.1 Å². The zero-order valence-electron chi connectivity index (χ0n) is 10.7. The fourth-order valence-corrected chi connectivity index (χ4v) is 3.98. The van der Waals surface area contributed by atoms with Crippen molar-refractivity contribution in [3.63, 3.8) is 0 Å². The lowest BCUT2D eigenvalue weighted by Gasteiger charge is -2.02. The van der Waals surface area contributed by atoms with E-state index in [1.807, 2.05) is 13.0 Å². The quantitative estimate of drug-likeness (QED) is 0.741. The van der Waals surface area contributed by atoms with Crippen LogP contribution >= 0.6 is 34.5 Å². The molecule has 20 heavy (non-hydrogen) atoms. The summed E-state index contributed by atoms with van der Waals surface area (Å²) in [4.78, 5) is 14.4. The number of hydrogen-bond acceptors (Lipinski definition) is 3. The summed E-state index contributed by atoms with van der Waals surface area (Å²) in [7, 11) is -1.41. The van der Waals surface area contributed by atoms with Gasteiger partial charge in [-0.3, -0.25) is 9.00 Å². The molecule has 1 unspecified atom stereocenters. The Kier molecular flexibility index (Phi) is 5.38. The Morgan fingerprint density at radius 3 is 2.55 bits per heavy atom. The third kappa shape index (κ3) is 3.70. The number of Topliss-reactive ketones (excluding diaryl/α,β-unsaturated/α-hetero) is 1. The van der Waals surface area contributed by atoms with Crippen LogP contribution in [0.1, 0.15) is 21.5 Å². The third-order valence-corrected chi connectivity index (χ3v) is 6.01. The number of ketones is 1. The van der Waals surface area contributed by atoms with Crippen molar-refractivity contribution in [3.8, 4) is 0 Å². The van der Waals surface area contributed by atoms with E-state index in [1.54, 1.807) is 24.3 Å². The van der Waals surface area contributed by atoms with Crippen molar-refractivity contribution in [1.82, 2.24) is 0 Å². The molecule has 0 radical (unpaired) electrons. The van der Waals surface area contributed by atoms with Gasteiger partial charge in [-0.15, -0.1) is 11.3 Å². The molecule has 0 fully saturated rings. The average Bonchev–Trinajstić information content (AvgIpc) is 2.90. The molecule has 0 N–H and O–H groups in total. The molecular weight excluding hydrogens is 335 g/mol. The first kappa shape index (κ1) is 15.7. The molecule has 0 aliphatic heterocycles. The minimum Gasteiger partial charge on any atom is -0.292 e. The van der Waals surface area contributed by atoms with Gasteiger partial charge in [0.25, 0.3) is 0 Å². The highest BCUT2D eigenvalue weighted by Crippen LogP contribution is 2.25. The molecule has 0 amide bonds. The molecule has 2 aromatic rings. The van der Waals surface area contributed by atoms with Crippen LogP contribution in [0.3, 0.4) is 0 Å². The minimum absolute atomic E-state index is 0.0401. The number of halogens is 2. The number of aryl methyl sites for hydroxylation is 1. The fourth-order valence-electron chi connectivity index (χ4n) is 1.61. The summed E-state index contributed by atoms with van der Waals surface area (Å²) in [6.07, 6.45) is 0.897. The molecule has 2 rings (SSSR count). The van der Waals surface area contributed by atoms with E-state index in [0.29, 0.717) is 19.8 Å². The number of hydrogen-bond donors (Lipinski definition) is 0. The van der Waals surface area contributed by atoms with Crippen molar-refractivity contribution in [2.24, 2.45) is 0 Å². The zero-order chi connectivity index (χ0) is 14.7. The number of benzene rings is 1. The number of thiophene rings is 1. The van der Waals surface area contributed by atoms with Crippen LogP contribution in [-0.2, 0) is 17.2 Å². The Morgan fingerprint density at radius 2 is 1.95 bits per heavy atom. The number of carbonyl (C=O) groups is 1. The van der Waals surface area contributed by atoms with E-state index in [2.05, 4.69) is 0 Å². The van der Waals surface area contributed by atoms with E-state index >= 15 is 0 Å². The predicted octanol–water partition coefficient (Wildman–Crippen LogP) is 4.61. The van der Waals surface area contributed by atoms with Crippen molar-refractivity contribution >= 4 is 51.1 Å².